The lowest BCUT2D eigenvalue weighted by molar-refractivity contribution is -0.125. The van der Waals surface area contributed by atoms with Crippen LogP contribution in [0.2, 0.25) is 0 Å². The molecule has 94 valence electrons. The van der Waals surface area contributed by atoms with Gasteiger partial charge >= 0.3 is 0 Å². The van der Waals surface area contributed by atoms with Crippen LogP contribution in [0.1, 0.15) is 45.4 Å². The summed E-state index contributed by atoms with van der Waals surface area (Å²) < 4.78 is 4.96. The number of carbonyl (C=O) groups excluding carboxylic acids is 1. The van der Waals surface area contributed by atoms with Gasteiger partial charge in [0.05, 0.1) is 6.04 Å². The van der Waals surface area contributed by atoms with Gasteiger partial charge in [0.15, 0.2) is 5.78 Å². The van der Waals surface area contributed by atoms with Gasteiger partial charge in [-0.15, -0.1) is 0 Å². The van der Waals surface area contributed by atoms with E-state index in [9.17, 15) is 4.79 Å². The molecular weight excluding hydrogens is 202 g/mol. The predicted molar refractivity (Wildman–Crippen MR) is 65.2 cm³/mol. The van der Waals surface area contributed by atoms with Crippen molar-refractivity contribution in [3.8, 4) is 0 Å². The molecular formula is C13H25NO2. The Hall–Kier alpha value is -0.410. The number of Topliss-reactive ketones (excluding diaryl/α,β-unsaturated/α-hetero) is 1. The maximum Gasteiger partial charge on any atom is 0.152 e. The standard InChI is InChI=1S/C13H25NO2/c1-10-5-7-11(8-6-10)13(15)12(14)4-3-9-16-2/h10-12H,3-9,14H2,1-2H3. The van der Waals surface area contributed by atoms with Crippen LogP contribution in [0, 0.1) is 11.8 Å². The van der Waals surface area contributed by atoms with Gasteiger partial charge in [0.2, 0.25) is 0 Å². The molecule has 16 heavy (non-hydrogen) atoms. The second-order valence-corrected chi connectivity index (χ2v) is 5.10. The van der Waals surface area contributed by atoms with E-state index in [4.69, 9.17) is 10.5 Å². The number of carbonyl (C=O) groups is 1. The topological polar surface area (TPSA) is 52.3 Å². The molecule has 3 nitrogen and oxygen atoms in total. The molecule has 2 N–H and O–H groups in total. The number of nitrogens with two attached hydrogens (primary N) is 1. The van der Waals surface area contributed by atoms with Crippen molar-refractivity contribution in [1.29, 1.82) is 0 Å². The van der Waals surface area contributed by atoms with E-state index < -0.39 is 0 Å². The van der Waals surface area contributed by atoms with E-state index in [2.05, 4.69) is 6.92 Å². The van der Waals surface area contributed by atoms with E-state index in [-0.39, 0.29) is 17.7 Å². The van der Waals surface area contributed by atoms with Crippen molar-refractivity contribution < 1.29 is 9.53 Å². The lowest BCUT2D eigenvalue weighted by Gasteiger charge is -2.27. The largest absolute Gasteiger partial charge is 0.385 e. The van der Waals surface area contributed by atoms with E-state index >= 15 is 0 Å². The monoisotopic (exact) mass is 227 g/mol. The van der Waals surface area contributed by atoms with Gasteiger partial charge in [-0.25, -0.2) is 0 Å². The molecule has 1 rings (SSSR count). The average Bonchev–Trinajstić information content (AvgIpc) is 2.29. The maximum absolute atomic E-state index is 12.0. The van der Waals surface area contributed by atoms with Crippen molar-refractivity contribution >= 4 is 5.78 Å². The van der Waals surface area contributed by atoms with E-state index in [0.717, 1.165) is 31.6 Å². The normalized spacial score (nSPS) is 27.7. The molecule has 0 aromatic heterocycles. The Balaban J connectivity index is 2.27. The van der Waals surface area contributed by atoms with Crippen LogP contribution in [-0.2, 0) is 9.53 Å². The fourth-order valence-electron chi connectivity index (χ4n) is 2.44. The fourth-order valence-corrected chi connectivity index (χ4v) is 2.44. The zero-order valence-corrected chi connectivity index (χ0v) is 10.6. The van der Waals surface area contributed by atoms with Gasteiger partial charge in [-0.1, -0.05) is 19.8 Å². The lowest BCUT2D eigenvalue weighted by Crippen LogP contribution is -2.37. The summed E-state index contributed by atoms with van der Waals surface area (Å²) in [6.07, 6.45) is 6.09. The summed E-state index contributed by atoms with van der Waals surface area (Å²) in [6.45, 7) is 2.96. The second-order valence-electron chi connectivity index (χ2n) is 5.10. The molecule has 0 amide bonds. The quantitative estimate of drug-likeness (QED) is 0.707. The van der Waals surface area contributed by atoms with Gasteiger partial charge < -0.3 is 10.5 Å². The van der Waals surface area contributed by atoms with Crippen molar-refractivity contribution in [1.82, 2.24) is 0 Å². The Kier molecular flexibility index (Phi) is 5.99. The summed E-state index contributed by atoms with van der Waals surface area (Å²) in [5.74, 6) is 1.30. The minimum atomic E-state index is -0.270. The number of ether oxygens (including phenoxy) is 1. The first-order valence-electron chi connectivity index (χ1n) is 6.43. The molecule has 0 saturated heterocycles. The van der Waals surface area contributed by atoms with Gasteiger partial charge in [0.25, 0.3) is 0 Å². The summed E-state index contributed by atoms with van der Waals surface area (Å²) >= 11 is 0. The van der Waals surface area contributed by atoms with Crippen LogP contribution < -0.4 is 5.73 Å². The Bertz CT molecular complexity index is 210. The van der Waals surface area contributed by atoms with Crippen LogP contribution in [0.3, 0.4) is 0 Å². The van der Waals surface area contributed by atoms with Crippen LogP contribution in [0.5, 0.6) is 0 Å². The van der Waals surface area contributed by atoms with Crippen molar-refractivity contribution in [2.45, 2.75) is 51.5 Å². The zero-order chi connectivity index (χ0) is 12.0. The number of methoxy groups -OCH3 is 1. The summed E-state index contributed by atoms with van der Waals surface area (Å²) in [7, 11) is 1.68. The number of hydrogen-bond acceptors (Lipinski definition) is 3. The minimum absolute atomic E-state index is 0.230. The van der Waals surface area contributed by atoms with E-state index in [1.54, 1.807) is 7.11 Å². The molecule has 1 aliphatic rings. The average molecular weight is 227 g/mol. The van der Waals surface area contributed by atoms with Gasteiger partial charge in [0, 0.05) is 19.6 Å². The van der Waals surface area contributed by atoms with E-state index in [0.29, 0.717) is 6.61 Å². The molecule has 0 heterocycles. The molecule has 1 aliphatic carbocycles. The summed E-state index contributed by atoms with van der Waals surface area (Å²) in [5, 5.41) is 0. The first-order valence-corrected chi connectivity index (χ1v) is 6.43. The van der Waals surface area contributed by atoms with Gasteiger partial charge in [-0.3, -0.25) is 4.79 Å². The summed E-state index contributed by atoms with van der Waals surface area (Å²) in [4.78, 5) is 12.0. The summed E-state index contributed by atoms with van der Waals surface area (Å²) in [6, 6.07) is -0.270. The Morgan fingerprint density at radius 2 is 2.00 bits per heavy atom. The number of ketones is 1. The third-order valence-electron chi connectivity index (χ3n) is 3.65. The molecule has 0 spiro atoms. The molecule has 0 aliphatic heterocycles. The van der Waals surface area contributed by atoms with Crippen LogP contribution in [-0.4, -0.2) is 25.5 Å². The predicted octanol–water partition coefficient (Wildman–Crippen LogP) is 2.14. The Labute approximate surface area is 98.7 Å². The highest BCUT2D eigenvalue weighted by atomic mass is 16.5. The third-order valence-corrected chi connectivity index (χ3v) is 3.65. The molecule has 1 saturated carbocycles. The Morgan fingerprint density at radius 1 is 1.38 bits per heavy atom. The molecule has 1 fully saturated rings. The molecule has 0 aromatic carbocycles. The minimum Gasteiger partial charge on any atom is -0.385 e. The van der Waals surface area contributed by atoms with Crippen LogP contribution in [0.25, 0.3) is 0 Å². The smallest absolute Gasteiger partial charge is 0.152 e. The summed E-state index contributed by atoms with van der Waals surface area (Å²) in [5.41, 5.74) is 5.92. The highest BCUT2D eigenvalue weighted by Gasteiger charge is 2.27. The van der Waals surface area contributed by atoms with Gasteiger partial charge in [0.1, 0.15) is 0 Å². The highest BCUT2D eigenvalue weighted by molar-refractivity contribution is 5.86. The number of hydrogen-bond donors (Lipinski definition) is 1. The SMILES string of the molecule is COCCCC(N)C(=O)C1CCC(C)CC1. The lowest BCUT2D eigenvalue weighted by atomic mass is 9.79. The fraction of sp³-hybridized carbons (Fsp3) is 0.923. The molecule has 1 atom stereocenters. The third kappa shape index (κ3) is 4.22. The van der Waals surface area contributed by atoms with Crippen LogP contribution in [0.4, 0.5) is 0 Å². The zero-order valence-electron chi connectivity index (χ0n) is 10.6. The van der Waals surface area contributed by atoms with E-state index in [1.165, 1.54) is 12.8 Å². The molecule has 1 unspecified atom stereocenters. The van der Waals surface area contributed by atoms with Gasteiger partial charge in [-0.05, 0) is 31.6 Å². The molecule has 3 heteroatoms. The van der Waals surface area contributed by atoms with Crippen LogP contribution >= 0.6 is 0 Å². The van der Waals surface area contributed by atoms with Crippen molar-refractivity contribution in [2.24, 2.45) is 17.6 Å². The van der Waals surface area contributed by atoms with Crippen LogP contribution in [0.15, 0.2) is 0 Å². The highest BCUT2D eigenvalue weighted by Crippen LogP contribution is 2.29. The first-order chi connectivity index (χ1) is 7.65. The first kappa shape index (κ1) is 13.7. The molecule has 0 aromatic rings. The molecule has 0 bridgehead atoms. The number of rotatable bonds is 6. The molecule has 0 radical (unpaired) electrons. The second kappa shape index (κ2) is 7.02. The van der Waals surface area contributed by atoms with Crippen molar-refractivity contribution in [3.63, 3.8) is 0 Å². The van der Waals surface area contributed by atoms with Gasteiger partial charge in [-0.2, -0.15) is 0 Å². The van der Waals surface area contributed by atoms with Crippen molar-refractivity contribution in [2.75, 3.05) is 13.7 Å². The van der Waals surface area contributed by atoms with Crippen molar-refractivity contribution in [3.05, 3.63) is 0 Å². The Morgan fingerprint density at radius 3 is 2.56 bits per heavy atom. The maximum atomic E-state index is 12.0. The van der Waals surface area contributed by atoms with E-state index in [1.807, 2.05) is 0 Å².